The summed E-state index contributed by atoms with van der Waals surface area (Å²) in [5, 5.41) is 3.70. The molecule has 106 valence electrons. The van der Waals surface area contributed by atoms with Gasteiger partial charge in [0.25, 0.3) is 5.91 Å². The molecule has 1 amide bonds. The number of aromatic nitrogens is 2. The number of rotatable bonds is 5. The monoisotopic (exact) mass is 333 g/mol. The van der Waals surface area contributed by atoms with Crippen LogP contribution >= 0.6 is 34.8 Å². The second kappa shape index (κ2) is 6.83. The van der Waals surface area contributed by atoms with E-state index in [2.05, 4.69) is 15.3 Å². The Labute approximate surface area is 130 Å². The van der Waals surface area contributed by atoms with Crippen LogP contribution in [0.25, 0.3) is 0 Å². The number of amides is 1. The molecule has 8 heteroatoms. The normalized spacial score (nSPS) is 10.3. The van der Waals surface area contributed by atoms with E-state index in [9.17, 15) is 4.79 Å². The van der Waals surface area contributed by atoms with Crippen LogP contribution in [0, 0.1) is 0 Å². The smallest absolute Gasteiger partial charge is 0.287 e. The minimum atomic E-state index is -0.313. The number of halogens is 3. The summed E-state index contributed by atoms with van der Waals surface area (Å²) in [5.41, 5.74) is 0. The Kier molecular flexibility index (Phi) is 5.11. The third-order valence-electron chi connectivity index (χ3n) is 2.31. The fraction of sp³-hybridized carbons (Fsp3) is 0.167. The SMILES string of the molecule is O=C(NCCOc1c(Cl)cc(Cl)cc1Cl)c1ncc[nH]1. The fourth-order valence-corrected chi connectivity index (χ4v) is 2.38. The van der Waals surface area contributed by atoms with Crippen molar-refractivity contribution in [3.63, 3.8) is 0 Å². The molecular weight excluding hydrogens is 325 g/mol. The van der Waals surface area contributed by atoms with E-state index in [1.54, 1.807) is 6.20 Å². The van der Waals surface area contributed by atoms with Crippen LogP contribution in [0.15, 0.2) is 24.5 Å². The number of ether oxygens (including phenoxy) is 1. The van der Waals surface area contributed by atoms with Crippen LogP contribution in [0.3, 0.4) is 0 Å². The molecule has 5 nitrogen and oxygen atoms in total. The summed E-state index contributed by atoms with van der Waals surface area (Å²) in [7, 11) is 0. The van der Waals surface area contributed by atoms with E-state index in [1.165, 1.54) is 18.3 Å². The lowest BCUT2D eigenvalue weighted by molar-refractivity contribution is 0.0937. The summed E-state index contributed by atoms with van der Waals surface area (Å²) in [6.45, 7) is 0.502. The number of nitrogens with zero attached hydrogens (tertiary/aromatic N) is 1. The Balaban J connectivity index is 1.83. The number of H-pyrrole nitrogens is 1. The second-order valence-corrected chi connectivity index (χ2v) is 4.99. The van der Waals surface area contributed by atoms with E-state index in [4.69, 9.17) is 39.5 Å². The van der Waals surface area contributed by atoms with Gasteiger partial charge in [-0.2, -0.15) is 0 Å². The Hall–Kier alpha value is -1.43. The topological polar surface area (TPSA) is 67.0 Å². The fourth-order valence-electron chi connectivity index (χ4n) is 1.46. The van der Waals surface area contributed by atoms with Crippen molar-refractivity contribution in [2.75, 3.05) is 13.2 Å². The van der Waals surface area contributed by atoms with Gasteiger partial charge in [0.1, 0.15) is 6.61 Å². The zero-order chi connectivity index (χ0) is 14.5. The third kappa shape index (κ3) is 3.79. The zero-order valence-corrected chi connectivity index (χ0v) is 12.4. The highest BCUT2D eigenvalue weighted by Gasteiger charge is 2.10. The predicted molar refractivity (Wildman–Crippen MR) is 77.9 cm³/mol. The van der Waals surface area contributed by atoms with Gasteiger partial charge in [0.15, 0.2) is 11.6 Å². The minimum Gasteiger partial charge on any atom is -0.489 e. The van der Waals surface area contributed by atoms with Gasteiger partial charge < -0.3 is 15.0 Å². The molecular formula is C12H10Cl3N3O2. The summed E-state index contributed by atoms with van der Waals surface area (Å²) in [6.07, 6.45) is 3.07. The van der Waals surface area contributed by atoms with Crippen molar-refractivity contribution < 1.29 is 9.53 Å². The molecule has 2 N–H and O–H groups in total. The molecule has 0 radical (unpaired) electrons. The standard InChI is InChI=1S/C12H10Cl3N3O2/c13-7-5-8(14)10(9(15)6-7)20-4-3-18-12(19)11-16-1-2-17-11/h1-2,5-6H,3-4H2,(H,16,17)(H,18,19). The summed E-state index contributed by atoms with van der Waals surface area (Å²) in [4.78, 5) is 18.1. The Bertz CT molecular complexity index is 579. The van der Waals surface area contributed by atoms with Crippen LogP contribution in [0.2, 0.25) is 15.1 Å². The molecule has 0 saturated heterocycles. The molecule has 0 aliphatic rings. The van der Waals surface area contributed by atoms with Crippen LogP contribution in [-0.2, 0) is 0 Å². The van der Waals surface area contributed by atoms with E-state index >= 15 is 0 Å². The van der Waals surface area contributed by atoms with E-state index < -0.39 is 0 Å². The minimum absolute atomic E-state index is 0.216. The zero-order valence-electron chi connectivity index (χ0n) is 10.1. The van der Waals surface area contributed by atoms with Crippen LogP contribution in [-0.4, -0.2) is 29.0 Å². The van der Waals surface area contributed by atoms with Gasteiger partial charge in [0.05, 0.1) is 16.6 Å². The maximum atomic E-state index is 11.6. The van der Waals surface area contributed by atoms with Crippen molar-refractivity contribution in [2.45, 2.75) is 0 Å². The van der Waals surface area contributed by atoms with Crippen LogP contribution in [0.1, 0.15) is 10.6 Å². The number of hydrogen-bond acceptors (Lipinski definition) is 3. The quantitative estimate of drug-likeness (QED) is 0.825. The van der Waals surface area contributed by atoms with Crippen molar-refractivity contribution in [1.29, 1.82) is 0 Å². The van der Waals surface area contributed by atoms with Crippen molar-refractivity contribution in [2.24, 2.45) is 0 Å². The summed E-state index contributed by atoms with van der Waals surface area (Å²) >= 11 is 17.7. The number of benzene rings is 1. The molecule has 2 aromatic rings. The molecule has 20 heavy (non-hydrogen) atoms. The van der Waals surface area contributed by atoms with Crippen LogP contribution < -0.4 is 10.1 Å². The lowest BCUT2D eigenvalue weighted by atomic mass is 10.3. The lowest BCUT2D eigenvalue weighted by Gasteiger charge is -2.10. The number of aromatic amines is 1. The first kappa shape index (κ1) is 15.0. The molecule has 1 aromatic heterocycles. The number of carbonyl (C=O) groups is 1. The highest BCUT2D eigenvalue weighted by Crippen LogP contribution is 2.35. The number of imidazole rings is 1. The van der Waals surface area contributed by atoms with Gasteiger partial charge >= 0.3 is 0 Å². The average molecular weight is 335 g/mol. The highest BCUT2D eigenvalue weighted by atomic mass is 35.5. The first-order valence-electron chi connectivity index (χ1n) is 5.63. The van der Waals surface area contributed by atoms with Gasteiger partial charge in [-0.15, -0.1) is 0 Å². The number of carbonyl (C=O) groups excluding carboxylic acids is 1. The maximum absolute atomic E-state index is 11.6. The van der Waals surface area contributed by atoms with Crippen LogP contribution in [0.4, 0.5) is 0 Å². The molecule has 1 aromatic carbocycles. The van der Waals surface area contributed by atoms with E-state index in [0.717, 1.165) is 0 Å². The summed E-state index contributed by atoms with van der Waals surface area (Å²) in [6, 6.07) is 3.07. The van der Waals surface area contributed by atoms with Crippen molar-refractivity contribution in [3.05, 3.63) is 45.4 Å². The molecule has 2 rings (SSSR count). The molecule has 0 atom stereocenters. The Morgan fingerprint density at radius 3 is 2.60 bits per heavy atom. The molecule has 0 saturated carbocycles. The average Bonchev–Trinajstić information content (AvgIpc) is 2.90. The van der Waals surface area contributed by atoms with E-state index in [-0.39, 0.29) is 24.9 Å². The van der Waals surface area contributed by atoms with E-state index in [0.29, 0.717) is 20.8 Å². The van der Waals surface area contributed by atoms with Gasteiger partial charge in [0, 0.05) is 17.4 Å². The second-order valence-electron chi connectivity index (χ2n) is 3.74. The first-order chi connectivity index (χ1) is 9.58. The number of nitrogens with one attached hydrogen (secondary N) is 2. The highest BCUT2D eigenvalue weighted by molar-refractivity contribution is 6.40. The molecule has 0 spiro atoms. The first-order valence-corrected chi connectivity index (χ1v) is 6.76. The Morgan fingerprint density at radius 2 is 2.00 bits per heavy atom. The summed E-state index contributed by atoms with van der Waals surface area (Å²) < 4.78 is 5.42. The Morgan fingerprint density at radius 1 is 1.30 bits per heavy atom. The van der Waals surface area contributed by atoms with Gasteiger partial charge in [-0.1, -0.05) is 34.8 Å². The third-order valence-corrected chi connectivity index (χ3v) is 3.09. The van der Waals surface area contributed by atoms with Crippen molar-refractivity contribution >= 4 is 40.7 Å². The van der Waals surface area contributed by atoms with Gasteiger partial charge in [0.2, 0.25) is 0 Å². The molecule has 0 fully saturated rings. The van der Waals surface area contributed by atoms with E-state index in [1.807, 2.05) is 0 Å². The predicted octanol–water partition coefficient (Wildman–Crippen LogP) is 3.18. The summed E-state index contributed by atoms with van der Waals surface area (Å²) in [5.74, 6) is 0.268. The largest absolute Gasteiger partial charge is 0.489 e. The number of hydrogen-bond donors (Lipinski definition) is 2. The molecule has 1 heterocycles. The van der Waals surface area contributed by atoms with Crippen LogP contribution in [0.5, 0.6) is 5.75 Å². The van der Waals surface area contributed by atoms with Gasteiger partial charge in [-0.3, -0.25) is 4.79 Å². The van der Waals surface area contributed by atoms with Gasteiger partial charge in [-0.25, -0.2) is 4.98 Å². The van der Waals surface area contributed by atoms with Crippen molar-refractivity contribution in [1.82, 2.24) is 15.3 Å². The van der Waals surface area contributed by atoms with Crippen molar-refractivity contribution in [3.8, 4) is 5.75 Å². The molecule has 0 aliphatic carbocycles. The lowest BCUT2D eigenvalue weighted by Crippen LogP contribution is -2.28. The molecule has 0 unspecified atom stereocenters. The molecule has 0 aliphatic heterocycles. The molecule has 0 bridgehead atoms. The van der Waals surface area contributed by atoms with Gasteiger partial charge in [-0.05, 0) is 12.1 Å². The maximum Gasteiger partial charge on any atom is 0.287 e.